The number of hydrogen-bond donors (Lipinski definition) is 2. The van der Waals surface area contributed by atoms with Gasteiger partial charge in [0.25, 0.3) is 5.91 Å². The molecular weight excluding hydrogens is 278 g/mol. The van der Waals surface area contributed by atoms with Gasteiger partial charge in [-0.3, -0.25) is 9.59 Å². The van der Waals surface area contributed by atoms with Crippen LogP contribution in [-0.2, 0) is 4.79 Å². The van der Waals surface area contributed by atoms with Gasteiger partial charge in [0.2, 0.25) is 0 Å². The molecule has 0 unspecified atom stereocenters. The molecule has 0 saturated carbocycles. The number of nitriles is 1. The summed E-state index contributed by atoms with van der Waals surface area (Å²) in [6.07, 6.45) is 1.31. The standard InChI is InChI=1S/C14H14ClN3O2/c1-10(19)11-2-4-13(5-3-11)18-9-12(8-16)14(20)17-7-6-15/h2-5,9,18H,6-7H2,1H3,(H,17,20)/b12-9-. The van der Waals surface area contributed by atoms with Crippen molar-refractivity contribution in [2.75, 3.05) is 17.7 Å². The third-order valence-electron chi connectivity index (χ3n) is 2.42. The van der Waals surface area contributed by atoms with Crippen molar-refractivity contribution >= 4 is 29.0 Å². The van der Waals surface area contributed by atoms with E-state index in [1.54, 1.807) is 30.3 Å². The molecule has 0 aliphatic carbocycles. The quantitative estimate of drug-likeness (QED) is 0.364. The van der Waals surface area contributed by atoms with Gasteiger partial charge in [0, 0.05) is 29.9 Å². The average molecular weight is 292 g/mol. The first kappa shape index (κ1) is 15.7. The van der Waals surface area contributed by atoms with Crippen LogP contribution in [0.15, 0.2) is 36.0 Å². The molecule has 2 N–H and O–H groups in total. The van der Waals surface area contributed by atoms with E-state index in [1.165, 1.54) is 13.1 Å². The summed E-state index contributed by atoms with van der Waals surface area (Å²) >= 11 is 5.45. The van der Waals surface area contributed by atoms with E-state index in [0.717, 1.165) is 0 Å². The summed E-state index contributed by atoms with van der Waals surface area (Å²) in [7, 11) is 0. The molecule has 0 saturated heterocycles. The van der Waals surface area contributed by atoms with E-state index >= 15 is 0 Å². The Hall–Kier alpha value is -2.32. The lowest BCUT2D eigenvalue weighted by atomic mass is 10.1. The highest BCUT2D eigenvalue weighted by Crippen LogP contribution is 2.10. The Morgan fingerprint density at radius 1 is 1.35 bits per heavy atom. The molecule has 0 aromatic heterocycles. The lowest BCUT2D eigenvalue weighted by Gasteiger charge is -2.04. The maximum Gasteiger partial charge on any atom is 0.263 e. The maximum atomic E-state index is 11.6. The summed E-state index contributed by atoms with van der Waals surface area (Å²) in [6, 6.07) is 8.52. The molecule has 0 bridgehead atoms. The average Bonchev–Trinajstić information content (AvgIpc) is 2.46. The smallest absolute Gasteiger partial charge is 0.263 e. The number of amides is 1. The van der Waals surface area contributed by atoms with Gasteiger partial charge in [-0.25, -0.2) is 0 Å². The Kier molecular flexibility index (Phi) is 6.27. The highest BCUT2D eigenvalue weighted by Gasteiger charge is 2.07. The van der Waals surface area contributed by atoms with Crippen LogP contribution in [0.25, 0.3) is 0 Å². The largest absolute Gasteiger partial charge is 0.360 e. The minimum Gasteiger partial charge on any atom is -0.360 e. The fraction of sp³-hybridized carbons (Fsp3) is 0.214. The minimum atomic E-state index is -0.485. The molecule has 0 fully saturated rings. The molecule has 0 aliphatic rings. The number of nitrogens with one attached hydrogen (secondary N) is 2. The van der Waals surface area contributed by atoms with Crippen LogP contribution < -0.4 is 10.6 Å². The van der Waals surface area contributed by atoms with Crippen molar-refractivity contribution in [1.82, 2.24) is 5.32 Å². The third-order valence-corrected chi connectivity index (χ3v) is 2.61. The Morgan fingerprint density at radius 3 is 2.50 bits per heavy atom. The third kappa shape index (κ3) is 4.75. The van der Waals surface area contributed by atoms with Gasteiger partial charge in [-0.1, -0.05) is 0 Å². The molecule has 0 radical (unpaired) electrons. The minimum absolute atomic E-state index is 0.0229. The normalized spacial score (nSPS) is 10.6. The Morgan fingerprint density at radius 2 is 2.00 bits per heavy atom. The predicted octanol–water partition coefficient (Wildman–Crippen LogP) is 2.06. The highest BCUT2D eigenvalue weighted by molar-refractivity contribution is 6.18. The fourth-order valence-corrected chi connectivity index (χ4v) is 1.46. The van der Waals surface area contributed by atoms with E-state index in [4.69, 9.17) is 16.9 Å². The first-order valence-corrected chi connectivity index (χ1v) is 6.44. The van der Waals surface area contributed by atoms with Gasteiger partial charge in [0.1, 0.15) is 11.6 Å². The topological polar surface area (TPSA) is 82.0 Å². The summed E-state index contributed by atoms with van der Waals surface area (Å²) in [4.78, 5) is 22.7. The van der Waals surface area contributed by atoms with E-state index in [2.05, 4.69) is 10.6 Å². The van der Waals surface area contributed by atoms with Crippen molar-refractivity contribution in [3.8, 4) is 6.07 Å². The molecule has 0 heterocycles. The van der Waals surface area contributed by atoms with Crippen LogP contribution in [-0.4, -0.2) is 24.1 Å². The van der Waals surface area contributed by atoms with Gasteiger partial charge in [0.05, 0.1) is 0 Å². The second kappa shape index (κ2) is 7.97. The van der Waals surface area contributed by atoms with Crippen LogP contribution in [0.4, 0.5) is 5.69 Å². The van der Waals surface area contributed by atoms with Crippen molar-refractivity contribution in [2.45, 2.75) is 6.92 Å². The van der Waals surface area contributed by atoms with Gasteiger partial charge in [-0.2, -0.15) is 5.26 Å². The molecule has 1 rings (SSSR count). The first-order chi connectivity index (χ1) is 9.58. The number of hydrogen-bond acceptors (Lipinski definition) is 4. The first-order valence-electron chi connectivity index (χ1n) is 5.90. The second-order valence-corrected chi connectivity index (χ2v) is 4.27. The zero-order valence-electron chi connectivity index (χ0n) is 10.9. The lowest BCUT2D eigenvalue weighted by Crippen LogP contribution is -2.26. The number of nitrogens with zero attached hydrogens (tertiary/aromatic N) is 1. The number of carbonyl (C=O) groups is 2. The molecule has 20 heavy (non-hydrogen) atoms. The van der Waals surface area contributed by atoms with Crippen molar-refractivity contribution in [3.63, 3.8) is 0 Å². The molecule has 104 valence electrons. The van der Waals surface area contributed by atoms with Crippen LogP contribution in [0.5, 0.6) is 0 Å². The fourth-order valence-electron chi connectivity index (χ4n) is 1.36. The van der Waals surface area contributed by atoms with E-state index in [-0.39, 0.29) is 17.2 Å². The molecular formula is C14H14ClN3O2. The molecule has 1 aromatic carbocycles. The maximum absolute atomic E-state index is 11.6. The van der Waals surface area contributed by atoms with E-state index < -0.39 is 5.91 Å². The number of alkyl halides is 1. The molecule has 1 amide bonds. The van der Waals surface area contributed by atoms with Crippen molar-refractivity contribution in [3.05, 3.63) is 41.6 Å². The number of anilines is 1. The van der Waals surface area contributed by atoms with Crippen molar-refractivity contribution in [1.29, 1.82) is 5.26 Å². The number of Topliss-reactive ketones (excluding diaryl/α,β-unsaturated/α-hetero) is 1. The number of carbonyl (C=O) groups excluding carboxylic acids is 2. The van der Waals surface area contributed by atoms with Crippen LogP contribution in [0.3, 0.4) is 0 Å². The molecule has 5 nitrogen and oxygen atoms in total. The SMILES string of the molecule is CC(=O)c1ccc(N/C=C(/C#N)C(=O)NCCCl)cc1. The number of rotatable bonds is 6. The summed E-state index contributed by atoms with van der Waals surface area (Å²) in [5.74, 6) is -0.226. The summed E-state index contributed by atoms with van der Waals surface area (Å²) in [5.41, 5.74) is 1.22. The van der Waals surface area contributed by atoms with E-state index in [1.807, 2.05) is 0 Å². The summed E-state index contributed by atoms with van der Waals surface area (Å²) in [5, 5.41) is 14.2. The predicted molar refractivity (Wildman–Crippen MR) is 77.5 cm³/mol. The molecule has 0 spiro atoms. The van der Waals surface area contributed by atoms with Gasteiger partial charge < -0.3 is 10.6 Å². The molecule has 0 atom stereocenters. The van der Waals surface area contributed by atoms with Gasteiger partial charge in [-0.15, -0.1) is 11.6 Å². The van der Waals surface area contributed by atoms with Crippen LogP contribution in [0.2, 0.25) is 0 Å². The van der Waals surface area contributed by atoms with Gasteiger partial charge >= 0.3 is 0 Å². The highest BCUT2D eigenvalue weighted by atomic mass is 35.5. The zero-order valence-corrected chi connectivity index (χ0v) is 11.7. The molecule has 1 aromatic rings. The van der Waals surface area contributed by atoms with Crippen LogP contribution in [0.1, 0.15) is 17.3 Å². The van der Waals surface area contributed by atoms with E-state index in [0.29, 0.717) is 17.8 Å². The van der Waals surface area contributed by atoms with Crippen LogP contribution >= 0.6 is 11.6 Å². The summed E-state index contributed by atoms with van der Waals surface area (Å²) in [6.45, 7) is 1.78. The van der Waals surface area contributed by atoms with Crippen molar-refractivity contribution < 1.29 is 9.59 Å². The van der Waals surface area contributed by atoms with Gasteiger partial charge in [0.15, 0.2) is 5.78 Å². The lowest BCUT2D eigenvalue weighted by molar-refractivity contribution is -0.117. The van der Waals surface area contributed by atoms with E-state index in [9.17, 15) is 9.59 Å². The number of ketones is 1. The number of halogens is 1. The van der Waals surface area contributed by atoms with Gasteiger partial charge in [-0.05, 0) is 31.2 Å². The Labute approximate surface area is 122 Å². The Balaban J connectivity index is 2.71. The molecule has 0 aliphatic heterocycles. The Bertz CT molecular complexity index is 559. The van der Waals surface area contributed by atoms with Crippen molar-refractivity contribution in [2.24, 2.45) is 0 Å². The monoisotopic (exact) mass is 291 g/mol. The summed E-state index contributed by atoms with van der Waals surface area (Å²) < 4.78 is 0. The van der Waals surface area contributed by atoms with Crippen LogP contribution in [0, 0.1) is 11.3 Å². The zero-order chi connectivity index (χ0) is 15.0. The molecule has 6 heteroatoms. The number of benzene rings is 1. The second-order valence-electron chi connectivity index (χ2n) is 3.89.